The Hall–Kier alpha value is 0.849. The van der Waals surface area contributed by atoms with Crippen LogP contribution in [-0.4, -0.2) is 24.6 Å². The van der Waals surface area contributed by atoms with Gasteiger partial charge in [0.2, 0.25) is 0 Å². The molecule has 3 heteroatoms. The fourth-order valence-corrected chi connectivity index (χ4v) is 8.30. The maximum absolute atomic E-state index is 2.46. The molecule has 0 bridgehead atoms. The first-order valence-electron chi connectivity index (χ1n) is 3.68. The summed E-state index contributed by atoms with van der Waals surface area (Å²) in [5.74, 6) is 0. The Balaban J connectivity index is 2.89. The van der Waals surface area contributed by atoms with E-state index >= 15 is 0 Å². The van der Waals surface area contributed by atoms with E-state index in [1.807, 2.05) is 23.1 Å². The Labute approximate surface area is 81.3 Å². The molecular formula is C8H14S2Sn. The Bertz CT molecular complexity index is 234. The van der Waals surface area contributed by atoms with Gasteiger partial charge >= 0.3 is 81.8 Å². The third kappa shape index (κ3) is 2.67. The molecule has 0 saturated heterocycles. The first-order valence-corrected chi connectivity index (χ1v) is 15.7. The molecule has 0 aromatic carbocycles. The van der Waals surface area contributed by atoms with Crippen molar-refractivity contribution in [1.29, 1.82) is 0 Å². The van der Waals surface area contributed by atoms with Crippen LogP contribution in [0.1, 0.15) is 0 Å². The van der Waals surface area contributed by atoms with Crippen molar-refractivity contribution in [3.8, 4) is 0 Å². The predicted molar refractivity (Wildman–Crippen MR) is 59.1 cm³/mol. The van der Waals surface area contributed by atoms with E-state index in [0.29, 0.717) is 0 Å². The molecule has 0 spiro atoms. The van der Waals surface area contributed by atoms with E-state index < -0.39 is 18.4 Å². The van der Waals surface area contributed by atoms with Gasteiger partial charge in [0.25, 0.3) is 0 Å². The van der Waals surface area contributed by atoms with E-state index in [1.165, 1.54) is 4.21 Å². The van der Waals surface area contributed by atoms with Crippen LogP contribution in [0.25, 0.3) is 0 Å². The summed E-state index contributed by atoms with van der Waals surface area (Å²) in [6, 6.07) is 4.58. The summed E-state index contributed by atoms with van der Waals surface area (Å²) in [6.07, 6.45) is 2.15. The van der Waals surface area contributed by atoms with Crippen LogP contribution in [0.15, 0.2) is 16.3 Å². The zero-order valence-corrected chi connectivity index (χ0v) is 12.0. The van der Waals surface area contributed by atoms with Gasteiger partial charge in [-0.1, -0.05) is 0 Å². The summed E-state index contributed by atoms with van der Waals surface area (Å²) in [5.41, 5.74) is 0. The van der Waals surface area contributed by atoms with Crippen LogP contribution >= 0.6 is 23.1 Å². The van der Waals surface area contributed by atoms with Gasteiger partial charge < -0.3 is 0 Å². The zero-order chi connectivity index (χ0) is 8.48. The number of rotatable bonds is 2. The molecule has 0 aliphatic rings. The molecule has 0 aliphatic carbocycles. The quantitative estimate of drug-likeness (QED) is 0.596. The van der Waals surface area contributed by atoms with Crippen molar-refractivity contribution in [3.05, 3.63) is 12.1 Å². The predicted octanol–water partition coefficient (Wildman–Crippen LogP) is 3.02. The van der Waals surface area contributed by atoms with Crippen molar-refractivity contribution < 1.29 is 0 Å². The number of thiophene rings is 1. The van der Waals surface area contributed by atoms with Gasteiger partial charge in [-0.15, -0.1) is 0 Å². The van der Waals surface area contributed by atoms with E-state index in [9.17, 15) is 0 Å². The molecule has 0 saturated carbocycles. The van der Waals surface area contributed by atoms with Crippen molar-refractivity contribution in [2.24, 2.45) is 0 Å². The number of thioether (sulfide) groups is 1. The third-order valence-corrected chi connectivity index (χ3v) is 13.2. The van der Waals surface area contributed by atoms with Crippen LogP contribution in [0.5, 0.6) is 0 Å². The van der Waals surface area contributed by atoms with Crippen LogP contribution < -0.4 is 2.89 Å². The molecule has 0 nitrogen and oxygen atoms in total. The molecule has 11 heavy (non-hydrogen) atoms. The molecule has 0 radical (unpaired) electrons. The van der Waals surface area contributed by atoms with Gasteiger partial charge in [-0.25, -0.2) is 0 Å². The first kappa shape index (κ1) is 9.93. The maximum atomic E-state index is 2.46. The third-order valence-electron chi connectivity index (χ3n) is 1.52. The fraction of sp³-hybridized carbons (Fsp3) is 0.500. The van der Waals surface area contributed by atoms with Crippen LogP contribution in [-0.2, 0) is 0 Å². The fourth-order valence-electron chi connectivity index (χ4n) is 0.833. The molecule has 1 aromatic heterocycles. The average molecular weight is 293 g/mol. The molecule has 0 fully saturated rings. The minimum atomic E-state index is -1.71. The molecule has 62 valence electrons. The van der Waals surface area contributed by atoms with Gasteiger partial charge in [0.05, 0.1) is 0 Å². The van der Waals surface area contributed by atoms with E-state index in [1.54, 1.807) is 2.89 Å². The van der Waals surface area contributed by atoms with E-state index in [0.717, 1.165) is 0 Å². The molecule has 0 unspecified atom stereocenters. The van der Waals surface area contributed by atoms with E-state index in [4.69, 9.17) is 0 Å². The van der Waals surface area contributed by atoms with Gasteiger partial charge in [0, 0.05) is 0 Å². The Morgan fingerprint density at radius 3 is 2.18 bits per heavy atom. The van der Waals surface area contributed by atoms with Crippen molar-refractivity contribution in [3.63, 3.8) is 0 Å². The first-order chi connectivity index (χ1) is 5.04. The minimum absolute atomic E-state index is 1.46. The Morgan fingerprint density at radius 2 is 1.91 bits per heavy atom. The summed E-state index contributed by atoms with van der Waals surface area (Å²) in [7, 11) is 0. The number of hydrogen-bond acceptors (Lipinski definition) is 2. The summed E-state index contributed by atoms with van der Waals surface area (Å²) >= 11 is 2.14. The van der Waals surface area contributed by atoms with Gasteiger partial charge in [-0.3, -0.25) is 0 Å². The van der Waals surface area contributed by atoms with E-state index in [-0.39, 0.29) is 0 Å². The van der Waals surface area contributed by atoms with Gasteiger partial charge in [0.15, 0.2) is 0 Å². The second-order valence-electron chi connectivity index (χ2n) is 3.57. The molecule has 0 atom stereocenters. The summed E-state index contributed by atoms with van der Waals surface area (Å²) in [4.78, 5) is 7.39. The van der Waals surface area contributed by atoms with Crippen LogP contribution in [0.3, 0.4) is 0 Å². The van der Waals surface area contributed by atoms with Crippen molar-refractivity contribution in [1.82, 2.24) is 0 Å². The van der Waals surface area contributed by atoms with Crippen LogP contribution in [0.4, 0.5) is 0 Å². The van der Waals surface area contributed by atoms with E-state index in [2.05, 4.69) is 33.2 Å². The molecule has 0 amide bonds. The Kier molecular flexibility index (Phi) is 3.35. The van der Waals surface area contributed by atoms with Gasteiger partial charge in [-0.05, 0) is 0 Å². The molecule has 0 aliphatic heterocycles. The summed E-state index contributed by atoms with van der Waals surface area (Å²) in [5, 5.41) is 0. The topological polar surface area (TPSA) is 0 Å². The number of hydrogen-bond donors (Lipinski definition) is 0. The van der Waals surface area contributed by atoms with Crippen molar-refractivity contribution in [2.45, 2.75) is 19.0 Å². The second-order valence-corrected chi connectivity index (χ2v) is 21.2. The molecule has 0 N–H and O–H groups in total. The molecule has 1 rings (SSSR count). The average Bonchev–Trinajstić information content (AvgIpc) is 2.32. The monoisotopic (exact) mass is 294 g/mol. The zero-order valence-electron chi connectivity index (χ0n) is 7.47. The standard InChI is InChI=1S/C5H5S2.3CH3.Sn/c1-6-5-3-2-4-7-5;;;;/h2-3H,1H3;3*1H3;. The van der Waals surface area contributed by atoms with Crippen LogP contribution in [0, 0.1) is 0 Å². The molecule has 1 aromatic rings. The molecule has 1 heterocycles. The van der Waals surface area contributed by atoms with Crippen LogP contribution in [0.2, 0.25) is 14.8 Å². The van der Waals surface area contributed by atoms with Gasteiger partial charge in [0.1, 0.15) is 0 Å². The molecular weight excluding hydrogens is 279 g/mol. The normalized spacial score (nSPS) is 12.0. The summed E-state index contributed by atoms with van der Waals surface area (Å²) < 4.78 is 3.15. The Morgan fingerprint density at radius 1 is 1.27 bits per heavy atom. The van der Waals surface area contributed by atoms with Crippen molar-refractivity contribution in [2.75, 3.05) is 6.26 Å². The van der Waals surface area contributed by atoms with Crippen molar-refractivity contribution >= 4 is 44.4 Å². The second kappa shape index (κ2) is 3.71. The summed E-state index contributed by atoms with van der Waals surface area (Å²) in [6.45, 7) is 0. The SMILES string of the molecule is CSc1cc[c]([Sn]([CH3])([CH3])[CH3])s1. The van der Waals surface area contributed by atoms with Gasteiger partial charge in [-0.2, -0.15) is 0 Å².